The van der Waals surface area contributed by atoms with Gasteiger partial charge >= 0.3 is 11.8 Å². The zero-order valence-electron chi connectivity index (χ0n) is 13.1. The number of amides is 2. The Morgan fingerprint density at radius 1 is 1.05 bits per heavy atom. The van der Waals surface area contributed by atoms with E-state index in [-0.39, 0.29) is 5.75 Å². The highest BCUT2D eigenvalue weighted by Crippen LogP contribution is 2.14. The van der Waals surface area contributed by atoms with Crippen molar-refractivity contribution < 1.29 is 14.7 Å². The molecule has 0 spiro atoms. The van der Waals surface area contributed by atoms with E-state index in [1.165, 1.54) is 12.1 Å². The molecule has 0 saturated heterocycles. The van der Waals surface area contributed by atoms with Gasteiger partial charge in [-0.05, 0) is 36.1 Å². The first-order valence-corrected chi connectivity index (χ1v) is 7.19. The molecule has 0 heterocycles. The number of rotatable bonds is 5. The lowest BCUT2D eigenvalue weighted by Gasteiger charge is -2.25. The molecule has 0 aliphatic heterocycles. The van der Waals surface area contributed by atoms with E-state index in [2.05, 4.69) is 5.32 Å². The van der Waals surface area contributed by atoms with Gasteiger partial charge in [-0.15, -0.1) is 0 Å². The van der Waals surface area contributed by atoms with Crippen molar-refractivity contribution >= 4 is 17.5 Å². The standard InChI is InChI=1S/C16H24N2O3/c1-11(2)9-18(10-12(3)4)16(21)15(20)17-13-5-7-14(19)8-6-13/h5-8,11-12,19H,9-10H2,1-4H3,(H,17,20). The summed E-state index contributed by atoms with van der Waals surface area (Å²) in [6.07, 6.45) is 0. The number of hydrogen-bond acceptors (Lipinski definition) is 3. The summed E-state index contributed by atoms with van der Waals surface area (Å²) in [6, 6.07) is 6.02. The molecule has 0 atom stereocenters. The molecule has 21 heavy (non-hydrogen) atoms. The minimum Gasteiger partial charge on any atom is -0.508 e. The van der Waals surface area contributed by atoms with Crippen molar-refractivity contribution in [2.75, 3.05) is 18.4 Å². The molecule has 2 N–H and O–H groups in total. The predicted octanol–water partition coefficient (Wildman–Crippen LogP) is 2.47. The highest BCUT2D eigenvalue weighted by Gasteiger charge is 2.23. The highest BCUT2D eigenvalue weighted by molar-refractivity contribution is 6.39. The molecule has 0 aliphatic rings. The zero-order chi connectivity index (χ0) is 16.0. The van der Waals surface area contributed by atoms with E-state index in [1.807, 2.05) is 27.7 Å². The van der Waals surface area contributed by atoms with Crippen LogP contribution in [0.2, 0.25) is 0 Å². The Morgan fingerprint density at radius 3 is 1.95 bits per heavy atom. The molecular weight excluding hydrogens is 268 g/mol. The molecule has 0 saturated carbocycles. The van der Waals surface area contributed by atoms with Crippen LogP contribution in [0.15, 0.2) is 24.3 Å². The molecule has 1 aromatic carbocycles. The first-order chi connectivity index (χ1) is 9.79. The van der Waals surface area contributed by atoms with Crippen LogP contribution >= 0.6 is 0 Å². The molecule has 0 aliphatic carbocycles. The molecule has 0 radical (unpaired) electrons. The van der Waals surface area contributed by atoms with Gasteiger partial charge in [0.05, 0.1) is 0 Å². The van der Waals surface area contributed by atoms with Crippen LogP contribution in [0.4, 0.5) is 5.69 Å². The number of carbonyl (C=O) groups excluding carboxylic acids is 2. The van der Waals surface area contributed by atoms with Gasteiger partial charge in [0.2, 0.25) is 0 Å². The van der Waals surface area contributed by atoms with Crippen molar-refractivity contribution in [2.45, 2.75) is 27.7 Å². The summed E-state index contributed by atoms with van der Waals surface area (Å²) >= 11 is 0. The first-order valence-electron chi connectivity index (χ1n) is 7.19. The van der Waals surface area contributed by atoms with Gasteiger partial charge < -0.3 is 15.3 Å². The summed E-state index contributed by atoms with van der Waals surface area (Å²) in [7, 11) is 0. The minimum atomic E-state index is -0.651. The molecule has 5 nitrogen and oxygen atoms in total. The van der Waals surface area contributed by atoms with Crippen molar-refractivity contribution in [3.05, 3.63) is 24.3 Å². The average molecular weight is 292 g/mol. The summed E-state index contributed by atoms with van der Waals surface area (Å²) in [5.74, 6) is -0.462. The Bertz CT molecular complexity index is 471. The summed E-state index contributed by atoms with van der Waals surface area (Å²) < 4.78 is 0. The number of carbonyl (C=O) groups is 2. The third-order valence-corrected chi connectivity index (χ3v) is 2.78. The zero-order valence-corrected chi connectivity index (χ0v) is 13.1. The van der Waals surface area contributed by atoms with Crippen LogP contribution in [-0.2, 0) is 9.59 Å². The van der Waals surface area contributed by atoms with Gasteiger partial charge in [0.1, 0.15) is 5.75 Å². The van der Waals surface area contributed by atoms with Crippen molar-refractivity contribution in [3.63, 3.8) is 0 Å². The van der Waals surface area contributed by atoms with Crippen LogP contribution in [0.1, 0.15) is 27.7 Å². The van der Waals surface area contributed by atoms with Crippen LogP contribution in [-0.4, -0.2) is 34.9 Å². The second-order valence-electron chi connectivity index (χ2n) is 6.00. The third kappa shape index (κ3) is 5.85. The Balaban J connectivity index is 2.72. The van der Waals surface area contributed by atoms with E-state index in [0.29, 0.717) is 30.6 Å². The Labute approximate surface area is 126 Å². The smallest absolute Gasteiger partial charge is 0.313 e. The summed E-state index contributed by atoms with van der Waals surface area (Å²) in [6.45, 7) is 9.16. The van der Waals surface area contributed by atoms with Crippen LogP contribution in [0.5, 0.6) is 5.75 Å². The second kappa shape index (κ2) is 7.67. The lowest BCUT2D eigenvalue weighted by molar-refractivity contribution is -0.143. The van der Waals surface area contributed by atoms with Crippen molar-refractivity contribution in [1.29, 1.82) is 0 Å². The minimum absolute atomic E-state index is 0.112. The summed E-state index contributed by atoms with van der Waals surface area (Å²) in [5.41, 5.74) is 0.486. The number of phenolic OH excluding ortho intramolecular Hbond substituents is 1. The highest BCUT2D eigenvalue weighted by atomic mass is 16.3. The van der Waals surface area contributed by atoms with Crippen LogP contribution in [0.3, 0.4) is 0 Å². The fourth-order valence-electron chi connectivity index (χ4n) is 1.99. The van der Waals surface area contributed by atoms with Gasteiger partial charge in [0, 0.05) is 18.8 Å². The Hall–Kier alpha value is -2.04. The van der Waals surface area contributed by atoms with Crippen molar-refractivity contribution in [1.82, 2.24) is 4.90 Å². The van der Waals surface area contributed by atoms with Gasteiger partial charge in [-0.3, -0.25) is 9.59 Å². The van der Waals surface area contributed by atoms with Crippen molar-refractivity contribution in [3.8, 4) is 5.75 Å². The normalized spacial score (nSPS) is 10.8. The van der Waals surface area contributed by atoms with Crippen LogP contribution in [0.25, 0.3) is 0 Å². The van der Waals surface area contributed by atoms with Crippen LogP contribution < -0.4 is 5.32 Å². The molecular formula is C16H24N2O3. The molecule has 2 amide bonds. The monoisotopic (exact) mass is 292 g/mol. The van der Waals surface area contributed by atoms with E-state index in [9.17, 15) is 14.7 Å². The average Bonchev–Trinajstić information content (AvgIpc) is 2.38. The number of phenols is 1. The summed E-state index contributed by atoms with van der Waals surface area (Å²) in [4.78, 5) is 25.9. The predicted molar refractivity (Wildman–Crippen MR) is 83.0 cm³/mol. The van der Waals surface area contributed by atoms with E-state index in [1.54, 1.807) is 17.0 Å². The maximum absolute atomic E-state index is 12.2. The van der Waals surface area contributed by atoms with Crippen LogP contribution in [0, 0.1) is 11.8 Å². The van der Waals surface area contributed by atoms with E-state index in [0.717, 1.165) is 0 Å². The van der Waals surface area contributed by atoms with Crippen molar-refractivity contribution in [2.24, 2.45) is 11.8 Å². The van der Waals surface area contributed by atoms with Gasteiger partial charge in [0.15, 0.2) is 0 Å². The molecule has 1 rings (SSSR count). The van der Waals surface area contributed by atoms with E-state index in [4.69, 9.17) is 0 Å². The fourth-order valence-corrected chi connectivity index (χ4v) is 1.99. The number of hydrogen-bond donors (Lipinski definition) is 2. The Kier molecular flexibility index (Phi) is 6.21. The quantitative estimate of drug-likeness (QED) is 0.647. The number of nitrogens with one attached hydrogen (secondary N) is 1. The molecule has 116 valence electrons. The fraction of sp³-hybridized carbons (Fsp3) is 0.500. The number of aromatic hydroxyl groups is 1. The molecule has 0 fully saturated rings. The lowest BCUT2D eigenvalue weighted by Crippen LogP contribution is -2.43. The molecule has 1 aromatic rings. The molecule has 0 unspecified atom stereocenters. The van der Waals surface area contributed by atoms with Gasteiger partial charge in [-0.25, -0.2) is 0 Å². The second-order valence-corrected chi connectivity index (χ2v) is 6.00. The third-order valence-electron chi connectivity index (χ3n) is 2.78. The first kappa shape index (κ1) is 17.0. The maximum atomic E-state index is 12.2. The van der Waals surface area contributed by atoms with Gasteiger partial charge in [-0.2, -0.15) is 0 Å². The maximum Gasteiger partial charge on any atom is 0.313 e. The SMILES string of the molecule is CC(C)CN(CC(C)C)C(=O)C(=O)Nc1ccc(O)cc1. The number of anilines is 1. The topological polar surface area (TPSA) is 69.6 Å². The Morgan fingerprint density at radius 2 is 1.52 bits per heavy atom. The van der Waals surface area contributed by atoms with Gasteiger partial charge in [-0.1, -0.05) is 27.7 Å². The lowest BCUT2D eigenvalue weighted by atomic mass is 10.1. The van der Waals surface area contributed by atoms with E-state index >= 15 is 0 Å². The number of benzene rings is 1. The number of nitrogens with zero attached hydrogens (tertiary/aromatic N) is 1. The molecule has 0 aromatic heterocycles. The molecule has 0 bridgehead atoms. The van der Waals surface area contributed by atoms with Gasteiger partial charge in [0.25, 0.3) is 0 Å². The molecule has 5 heteroatoms. The van der Waals surface area contributed by atoms with E-state index < -0.39 is 11.8 Å². The largest absolute Gasteiger partial charge is 0.508 e. The summed E-state index contributed by atoms with van der Waals surface area (Å²) in [5, 5.41) is 11.8.